The fourth-order valence-corrected chi connectivity index (χ4v) is 3.85. The van der Waals surface area contributed by atoms with E-state index in [4.69, 9.17) is 11.6 Å². The largest absolute Gasteiger partial charge is 0.295 e. The van der Waals surface area contributed by atoms with Gasteiger partial charge in [-0.3, -0.25) is 9.69 Å². The maximum Gasteiger partial charge on any atom is 0.238 e. The molecule has 2 aromatic carbocycles. The van der Waals surface area contributed by atoms with E-state index >= 15 is 0 Å². The molecule has 1 amide bonds. The lowest BCUT2D eigenvalue weighted by molar-refractivity contribution is -0.115. The second-order valence-electron chi connectivity index (χ2n) is 5.20. The Hall–Kier alpha value is -1.45. The van der Waals surface area contributed by atoms with Crippen molar-refractivity contribution in [3.8, 4) is 0 Å². The first kappa shape index (κ1) is 14.5. The molecule has 0 unspecified atom stereocenters. The van der Waals surface area contributed by atoms with Crippen LogP contribution in [-0.4, -0.2) is 11.7 Å². The summed E-state index contributed by atoms with van der Waals surface area (Å²) in [6.45, 7) is 4.14. The third-order valence-corrected chi connectivity index (χ3v) is 5.32. The van der Waals surface area contributed by atoms with Gasteiger partial charge in [0, 0.05) is 10.7 Å². The van der Waals surface area contributed by atoms with Crippen molar-refractivity contribution in [3.63, 3.8) is 0 Å². The van der Waals surface area contributed by atoms with Gasteiger partial charge in [0.05, 0.1) is 5.75 Å². The van der Waals surface area contributed by atoms with Crippen molar-refractivity contribution in [3.05, 3.63) is 64.2 Å². The molecule has 3 rings (SSSR count). The number of rotatable bonds is 2. The molecule has 2 nitrogen and oxygen atoms in total. The Morgan fingerprint density at radius 3 is 2.57 bits per heavy atom. The normalized spacial score (nSPS) is 18.3. The zero-order chi connectivity index (χ0) is 15.0. The van der Waals surface area contributed by atoms with Gasteiger partial charge in [-0.15, -0.1) is 11.8 Å². The summed E-state index contributed by atoms with van der Waals surface area (Å²) in [7, 11) is 0. The maximum atomic E-state index is 12.4. The number of benzene rings is 2. The summed E-state index contributed by atoms with van der Waals surface area (Å²) in [6, 6.07) is 13.8. The Labute approximate surface area is 134 Å². The molecule has 0 N–H and O–H groups in total. The number of carbonyl (C=O) groups is 1. The van der Waals surface area contributed by atoms with Crippen LogP contribution in [0.3, 0.4) is 0 Å². The van der Waals surface area contributed by atoms with Crippen LogP contribution < -0.4 is 4.90 Å². The molecule has 21 heavy (non-hydrogen) atoms. The highest BCUT2D eigenvalue weighted by atomic mass is 35.5. The van der Waals surface area contributed by atoms with E-state index < -0.39 is 0 Å². The van der Waals surface area contributed by atoms with Crippen LogP contribution in [0.5, 0.6) is 0 Å². The van der Waals surface area contributed by atoms with E-state index in [-0.39, 0.29) is 11.3 Å². The van der Waals surface area contributed by atoms with E-state index in [2.05, 4.69) is 19.9 Å². The van der Waals surface area contributed by atoms with Crippen LogP contribution in [0, 0.1) is 13.8 Å². The van der Waals surface area contributed by atoms with Crippen LogP contribution in [0.25, 0.3) is 0 Å². The van der Waals surface area contributed by atoms with Crippen LogP contribution >= 0.6 is 23.4 Å². The first-order valence-electron chi connectivity index (χ1n) is 6.83. The van der Waals surface area contributed by atoms with Gasteiger partial charge in [-0.05, 0) is 48.7 Å². The van der Waals surface area contributed by atoms with Crippen molar-refractivity contribution >= 4 is 35.0 Å². The smallest absolute Gasteiger partial charge is 0.238 e. The molecule has 0 saturated carbocycles. The molecule has 1 fully saturated rings. The number of nitrogens with zero attached hydrogens (tertiary/aromatic N) is 1. The summed E-state index contributed by atoms with van der Waals surface area (Å²) in [5.74, 6) is 0.675. The topological polar surface area (TPSA) is 20.3 Å². The van der Waals surface area contributed by atoms with Crippen LogP contribution in [0.2, 0.25) is 5.02 Å². The van der Waals surface area contributed by atoms with E-state index in [1.54, 1.807) is 11.8 Å². The standard InChI is InChI=1S/C17H16ClNOS/c1-11-4-3-5-15(12(11)2)19-16(20)10-21-17(19)13-6-8-14(18)9-7-13/h3-9,17H,10H2,1-2H3/t17-/m0/s1. The van der Waals surface area contributed by atoms with Gasteiger partial charge in [0.15, 0.2) is 0 Å². The van der Waals surface area contributed by atoms with Gasteiger partial charge in [0.2, 0.25) is 5.91 Å². The van der Waals surface area contributed by atoms with Crippen molar-refractivity contribution in [1.82, 2.24) is 0 Å². The molecule has 2 aromatic rings. The van der Waals surface area contributed by atoms with Gasteiger partial charge in [0.1, 0.15) is 5.37 Å². The minimum absolute atomic E-state index is 0.0234. The zero-order valence-corrected chi connectivity index (χ0v) is 13.5. The number of hydrogen-bond donors (Lipinski definition) is 0. The quantitative estimate of drug-likeness (QED) is 0.797. The van der Waals surface area contributed by atoms with Crippen LogP contribution in [-0.2, 0) is 4.79 Å². The van der Waals surface area contributed by atoms with Crippen molar-refractivity contribution in [2.45, 2.75) is 19.2 Å². The molecule has 1 atom stereocenters. The maximum absolute atomic E-state index is 12.4. The average molecular weight is 318 g/mol. The fraction of sp³-hybridized carbons (Fsp3) is 0.235. The predicted molar refractivity (Wildman–Crippen MR) is 90.1 cm³/mol. The van der Waals surface area contributed by atoms with Gasteiger partial charge in [0.25, 0.3) is 0 Å². The van der Waals surface area contributed by atoms with Gasteiger partial charge < -0.3 is 0 Å². The summed E-state index contributed by atoms with van der Waals surface area (Å²) in [5, 5.41) is 0.738. The van der Waals surface area contributed by atoms with Crippen molar-refractivity contribution in [1.29, 1.82) is 0 Å². The zero-order valence-electron chi connectivity index (χ0n) is 12.0. The summed E-state index contributed by atoms with van der Waals surface area (Å²) in [5.41, 5.74) is 4.47. The highest BCUT2D eigenvalue weighted by Gasteiger charge is 2.34. The lowest BCUT2D eigenvalue weighted by Crippen LogP contribution is -2.28. The van der Waals surface area contributed by atoms with E-state index in [0.29, 0.717) is 10.8 Å². The molecular weight excluding hydrogens is 302 g/mol. The molecule has 108 valence electrons. The lowest BCUT2D eigenvalue weighted by Gasteiger charge is -2.26. The third kappa shape index (κ3) is 2.68. The molecule has 0 spiro atoms. The molecular formula is C17H16ClNOS. The molecule has 0 aliphatic carbocycles. The molecule has 1 aliphatic heterocycles. The third-order valence-electron chi connectivity index (χ3n) is 3.86. The van der Waals surface area contributed by atoms with Crippen LogP contribution in [0.15, 0.2) is 42.5 Å². The Morgan fingerprint density at radius 2 is 1.86 bits per heavy atom. The minimum Gasteiger partial charge on any atom is -0.295 e. The predicted octanol–water partition coefficient (Wildman–Crippen LogP) is 4.74. The number of anilines is 1. The molecule has 0 bridgehead atoms. The van der Waals surface area contributed by atoms with Gasteiger partial charge in [-0.25, -0.2) is 0 Å². The number of hydrogen-bond acceptors (Lipinski definition) is 2. The minimum atomic E-state index is 0.0234. The van der Waals surface area contributed by atoms with Gasteiger partial charge in [-0.1, -0.05) is 35.9 Å². The second-order valence-corrected chi connectivity index (χ2v) is 6.70. The first-order chi connectivity index (χ1) is 10.1. The number of thioether (sulfide) groups is 1. The second kappa shape index (κ2) is 5.74. The lowest BCUT2D eigenvalue weighted by atomic mass is 10.1. The average Bonchev–Trinajstić information content (AvgIpc) is 2.85. The molecule has 1 saturated heterocycles. The summed E-state index contributed by atoms with van der Waals surface area (Å²) in [4.78, 5) is 14.3. The highest BCUT2D eigenvalue weighted by Crippen LogP contribution is 2.43. The van der Waals surface area contributed by atoms with Crippen molar-refractivity contribution < 1.29 is 4.79 Å². The van der Waals surface area contributed by atoms with E-state index in [0.717, 1.165) is 16.8 Å². The van der Waals surface area contributed by atoms with Crippen molar-refractivity contribution in [2.75, 3.05) is 10.7 Å². The van der Waals surface area contributed by atoms with Gasteiger partial charge >= 0.3 is 0 Å². The SMILES string of the molecule is Cc1cccc(N2C(=O)CS[C@H]2c2ccc(Cl)cc2)c1C. The molecule has 1 heterocycles. The molecule has 4 heteroatoms. The number of carbonyl (C=O) groups excluding carboxylic acids is 1. The Morgan fingerprint density at radius 1 is 1.14 bits per heavy atom. The summed E-state index contributed by atoms with van der Waals surface area (Å²) < 4.78 is 0. The molecule has 0 radical (unpaired) electrons. The monoisotopic (exact) mass is 317 g/mol. The van der Waals surface area contributed by atoms with E-state index in [9.17, 15) is 4.79 Å². The van der Waals surface area contributed by atoms with Gasteiger partial charge in [-0.2, -0.15) is 0 Å². The summed E-state index contributed by atoms with van der Waals surface area (Å²) in [6.07, 6.45) is 0. The first-order valence-corrected chi connectivity index (χ1v) is 8.26. The highest BCUT2D eigenvalue weighted by molar-refractivity contribution is 8.00. The number of amides is 1. The number of aryl methyl sites for hydroxylation is 1. The molecule has 1 aliphatic rings. The van der Waals surface area contributed by atoms with Crippen LogP contribution in [0.1, 0.15) is 22.1 Å². The van der Waals surface area contributed by atoms with E-state index in [1.807, 2.05) is 41.3 Å². The Bertz CT molecular complexity index is 684. The molecule has 0 aromatic heterocycles. The fourth-order valence-electron chi connectivity index (χ4n) is 2.56. The Kier molecular flexibility index (Phi) is 3.96. The number of halogens is 1. The Balaban J connectivity index is 2.04. The van der Waals surface area contributed by atoms with Crippen LogP contribution in [0.4, 0.5) is 5.69 Å². The van der Waals surface area contributed by atoms with Crippen molar-refractivity contribution in [2.24, 2.45) is 0 Å². The van der Waals surface area contributed by atoms with E-state index in [1.165, 1.54) is 5.56 Å². The summed E-state index contributed by atoms with van der Waals surface area (Å²) >= 11 is 7.62.